The molecule has 0 radical (unpaired) electrons. The summed E-state index contributed by atoms with van der Waals surface area (Å²) in [6.07, 6.45) is 7.04. The average molecular weight is 254 g/mol. The summed E-state index contributed by atoms with van der Waals surface area (Å²) >= 11 is 0. The summed E-state index contributed by atoms with van der Waals surface area (Å²) in [7, 11) is 2.13. The molecule has 0 aromatic rings. The van der Waals surface area contributed by atoms with E-state index in [4.69, 9.17) is 4.74 Å². The highest BCUT2D eigenvalue weighted by molar-refractivity contribution is 4.91. The smallest absolute Gasteiger partial charge is 0.0599 e. The van der Waals surface area contributed by atoms with Crippen LogP contribution in [0.2, 0.25) is 0 Å². The van der Waals surface area contributed by atoms with Gasteiger partial charge < -0.3 is 10.1 Å². The first-order valence-corrected chi connectivity index (χ1v) is 7.77. The third-order valence-electron chi connectivity index (χ3n) is 4.80. The number of nitrogens with zero attached hydrogens (tertiary/aromatic N) is 1. The van der Waals surface area contributed by atoms with Crippen LogP contribution in [0.4, 0.5) is 0 Å². The van der Waals surface area contributed by atoms with E-state index in [2.05, 4.69) is 31.1 Å². The molecular formula is C15H30N2O. The Morgan fingerprint density at radius 1 is 1.17 bits per heavy atom. The van der Waals surface area contributed by atoms with Crippen LogP contribution >= 0.6 is 0 Å². The highest BCUT2D eigenvalue weighted by Gasteiger charge is 2.33. The zero-order valence-corrected chi connectivity index (χ0v) is 12.3. The van der Waals surface area contributed by atoms with Crippen molar-refractivity contribution in [2.75, 3.05) is 26.7 Å². The molecule has 1 aliphatic carbocycles. The standard InChI is InChI=1S/C15H30N2O/c1-4-18-13-7-9-17(10-8-13)15-11-12(2)5-6-14(15)16-3/h12-16H,4-11H2,1-3H3. The van der Waals surface area contributed by atoms with Gasteiger partial charge in [0.1, 0.15) is 0 Å². The predicted octanol–water partition coefficient (Wildman–Crippen LogP) is 2.26. The lowest BCUT2D eigenvalue weighted by molar-refractivity contribution is -0.00838. The SMILES string of the molecule is CCOC1CCN(C2CC(C)CCC2NC)CC1. The first kappa shape index (κ1) is 14.3. The highest BCUT2D eigenvalue weighted by atomic mass is 16.5. The van der Waals surface area contributed by atoms with Gasteiger partial charge in [0.2, 0.25) is 0 Å². The summed E-state index contributed by atoms with van der Waals surface area (Å²) < 4.78 is 5.75. The average Bonchev–Trinajstić information content (AvgIpc) is 2.40. The summed E-state index contributed by atoms with van der Waals surface area (Å²) in [6.45, 7) is 7.82. The molecule has 3 heteroatoms. The number of hydrogen-bond acceptors (Lipinski definition) is 3. The van der Waals surface area contributed by atoms with Gasteiger partial charge in [-0.3, -0.25) is 4.90 Å². The summed E-state index contributed by atoms with van der Waals surface area (Å²) in [5, 5.41) is 3.54. The van der Waals surface area contributed by atoms with Gasteiger partial charge in [0, 0.05) is 31.8 Å². The lowest BCUT2D eigenvalue weighted by atomic mass is 9.82. The quantitative estimate of drug-likeness (QED) is 0.833. The van der Waals surface area contributed by atoms with Crippen LogP contribution in [-0.2, 0) is 4.74 Å². The first-order chi connectivity index (χ1) is 8.74. The molecule has 2 fully saturated rings. The fourth-order valence-corrected chi connectivity index (χ4v) is 3.70. The van der Waals surface area contributed by atoms with E-state index in [1.807, 2.05) is 0 Å². The normalized spacial score (nSPS) is 35.8. The topological polar surface area (TPSA) is 24.5 Å². The number of likely N-dealkylation sites (tertiary alicyclic amines) is 1. The van der Waals surface area contributed by atoms with Crippen LogP contribution in [0.15, 0.2) is 0 Å². The number of likely N-dealkylation sites (N-methyl/N-ethyl adjacent to an activating group) is 1. The van der Waals surface area contributed by atoms with Crippen molar-refractivity contribution in [3.05, 3.63) is 0 Å². The molecule has 1 saturated carbocycles. The van der Waals surface area contributed by atoms with Gasteiger partial charge >= 0.3 is 0 Å². The van der Waals surface area contributed by atoms with Crippen molar-refractivity contribution < 1.29 is 4.74 Å². The van der Waals surface area contributed by atoms with E-state index >= 15 is 0 Å². The maximum Gasteiger partial charge on any atom is 0.0599 e. The Labute approximate surface area is 112 Å². The van der Waals surface area contributed by atoms with Crippen LogP contribution in [0.1, 0.15) is 46.0 Å². The van der Waals surface area contributed by atoms with Crippen molar-refractivity contribution in [2.24, 2.45) is 5.92 Å². The maximum atomic E-state index is 5.75. The fourth-order valence-electron chi connectivity index (χ4n) is 3.70. The number of hydrogen-bond donors (Lipinski definition) is 1. The zero-order valence-electron chi connectivity index (χ0n) is 12.3. The molecule has 1 saturated heterocycles. The number of piperidine rings is 1. The fraction of sp³-hybridized carbons (Fsp3) is 1.00. The minimum atomic E-state index is 0.514. The van der Waals surface area contributed by atoms with Crippen molar-refractivity contribution in [3.63, 3.8) is 0 Å². The Kier molecular flexibility index (Phi) is 5.46. The second-order valence-corrected chi connectivity index (χ2v) is 6.07. The molecule has 1 N–H and O–H groups in total. The summed E-state index contributed by atoms with van der Waals surface area (Å²) in [5.41, 5.74) is 0. The summed E-state index contributed by atoms with van der Waals surface area (Å²) in [5.74, 6) is 0.893. The highest BCUT2D eigenvalue weighted by Crippen LogP contribution is 2.29. The maximum absolute atomic E-state index is 5.75. The van der Waals surface area contributed by atoms with Gasteiger partial charge in [-0.05, 0) is 52.0 Å². The van der Waals surface area contributed by atoms with Crippen LogP contribution in [0, 0.1) is 5.92 Å². The molecule has 1 heterocycles. The van der Waals surface area contributed by atoms with Gasteiger partial charge in [-0.1, -0.05) is 6.92 Å². The second kappa shape index (κ2) is 6.88. The molecule has 0 aromatic carbocycles. The minimum Gasteiger partial charge on any atom is -0.378 e. The van der Waals surface area contributed by atoms with Crippen LogP contribution in [0.3, 0.4) is 0 Å². The molecule has 2 aliphatic rings. The molecule has 18 heavy (non-hydrogen) atoms. The second-order valence-electron chi connectivity index (χ2n) is 6.07. The lowest BCUT2D eigenvalue weighted by Crippen LogP contribution is -2.54. The van der Waals surface area contributed by atoms with E-state index in [0.29, 0.717) is 12.1 Å². The van der Waals surface area contributed by atoms with Gasteiger partial charge in [0.05, 0.1) is 6.10 Å². The number of rotatable bonds is 4. The Morgan fingerprint density at radius 2 is 1.89 bits per heavy atom. The molecule has 2 rings (SSSR count). The van der Waals surface area contributed by atoms with Gasteiger partial charge in [-0.2, -0.15) is 0 Å². The van der Waals surface area contributed by atoms with Gasteiger partial charge in [0.25, 0.3) is 0 Å². The van der Waals surface area contributed by atoms with Crippen LogP contribution in [0.25, 0.3) is 0 Å². The third-order valence-corrected chi connectivity index (χ3v) is 4.80. The Morgan fingerprint density at radius 3 is 2.50 bits per heavy atom. The molecule has 3 nitrogen and oxygen atoms in total. The molecule has 1 aliphatic heterocycles. The monoisotopic (exact) mass is 254 g/mol. The van der Waals surface area contributed by atoms with Gasteiger partial charge in [-0.25, -0.2) is 0 Å². The summed E-state index contributed by atoms with van der Waals surface area (Å²) in [4.78, 5) is 2.71. The molecule has 106 valence electrons. The molecule has 0 bridgehead atoms. The van der Waals surface area contributed by atoms with E-state index in [1.165, 1.54) is 45.2 Å². The number of ether oxygens (including phenoxy) is 1. The molecule has 0 amide bonds. The molecule has 3 unspecified atom stereocenters. The van der Waals surface area contributed by atoms with E-state index in [9.17, 15) is 0 Å². The molecule has 0 aromatic heterocycles. The van der Waals surface area contributed by atoms with Crippen molar-refractivity contribution in [3.8, 4) is 0 Å². The largest absolute Gasteiger partial charge is 0.378 e. The Balaban J connectivity index is 1.86. The van der Waals surface area contributed by atoms with Crippen molar-refractivity contribution in [2.45, 2.75) is 64.1 Å². The Bertz CT molecular complexity index is 239. The predicted molar refractivity (Wildman–Crippen MR) is 75.9 cm³/mol. The van der Waals surface area contributed by atoms with Gasteiger partial charge in [0.15, 0.2) is 0 Å². The third kappa shape index (κ3) is 3.46. The minimum absolute atomic E-state index is 0.514. The summed E-state index contributed by atoms with van der Waals surface area (Å²) in [6, 6.07) is 1.45. The van der Waals surface area contributed by atoms with E-state index < -0.39 is 0 Å². The molecule has 3 atom stereocenters. The van der Waals surface area contributed by atoms with Crippen LogP contribution in [0.5, 0.6) is 0 Å². The number of nitrogens with one attached hydrogen (secondary N) is 1. The van der Waals surface area contributed by atoms with Crippen LogP contribution in [-0.4, -0.2) is 49.8 Å². The van der Waals surface area contributed by atoms with Crippen molar-refractivity contribution in [1.82, 2.24) is 10.2 Å². The lowest BCUT2D eigenvalue weighted by Gasteiger charge is -2.44. The van der Waals surface area contributed by atoms with E-state index in [0.717, 1.165) is 18.6 Å². The van der Waals surface area contributed by atoms with E-state index in [1.54, 1.807) is 0 Å². The van der Waals surface area contributed by atoms with Crippen LogP contribution < -0.4 is 5.32 Å². The van der Waals surface area contributed by atoms with Crippen molar-refractivity contribution in [1.29, 1.82) is 0 Å². The Hall–Kier alpha value is -0.120. The van der Waals surface area contributed by atoms with Gasteiger partial charge in [-0.15, -0.1) is 0 Å². The molecular weight excluding hydrogens is 224 g/mol. The molecule has 0 spiro atoms. The first-order valence-electron chi connectivity index (χ1n) is 7.77. The zero-order chi connectivity index (χ0) is 13.0. The van der Waals surface area contributed by atoms with E-state index in [-0.39, 0.29) is 0 Å². The van der Waals surface area contributed by atoms with Crippen molar-refractivity contribution >= 4 is 0 Å².